The van der Waals surface area contributed by atoms with Crippen molar-refractivity contribution in [2.45, 2.75) is 27.4 Å². The summed E-state index contributed by atoms with van der Waals surface area (Å²) in [6.07, 6.45) is 0. The van der Waals surface area contributed by atoms with Crippen molar-refractivity contribution in [1.82, 2.24) is 0 Å². The number of halogens is 1. The molecule has 1 rings (SSSR count). The maximum absolute atomic E-state index is 6.00. The lowest BCUT2D eigenvalue weighted by Gasteiger charge is -2.32. The smallest absolute Gasteiger partial charge is 0.131 e. The van der Waals surface area contributed by atoms with Gasteiger partial charge in [-0.25, -0.2) is 0 Å². The van der Waals surface area contributed by atoms with Gasteiger partial charge in [-0.15, -0.1) is 0 Å². The summed E-state index contributed by atoms with van der Waals surface area (Å²) >= 11 is 0. The molecule has 0 heterocycles. The molecule has 0 bridgehead atoms. The van der Waals surface area contributed by atoms with Crippen molar-refractivity contribution >= 4 is 0 Å². The molecule has 0 amide bonds. The van der Waals surface area contributed by atoms with Gasteiger partial charge in [0.15, 0.2) is 0 Å². The van der Waals surface area contributed by atoms with Gasteiger partial charge < -0.3 is 12.4 Å². The van der Waals surface area contributed by atoms with E-state index in [0.29, 0.717) is 6.61 Å². The third-order valence-corrected chi connectivity index (χ3v) is 3.08. The van der Waals surface area contributed by atoms with Crippen molar-refractivity contribution in [1.29, 1.82) is 0 Å². The number of benzene rings is 1. The summed E-state index contributed by atoms with van der Waals surface area (Å²) in [4.78, 5) is 6.00. The predicted octanol–water partition coefficient (Wildman–Crippen LogP) is -0.00130. The van der Waals surface area contributed by atoms with Crippen molar-refractivity contribution in [2.75, 3.05) is 19.6 Å². The zero-order valence-corrected chi connectivity index (χ0v) is 11.2. The topological polar surface area (TPSA) is 9.23 Å². The van der Waals surface area contributed by atoms with Crippen molar-refractivity contribution in [3.05, 3.63) is 35.9 Å². The first kappa shape index (κ1) is 15.4. The molecule has 0 radical (unpaired) electrons. The second-order valence-corrected chi connectivity index (χ2v) is 3.77. The summed E-state index contributed by atoms with van der Waals surface area (Å²) in [6, 6.07) is 10.4. The fraction of sp³-hybridized carbons (Fsp3) is 0.538. The molecule has 0 saturated carbocycles. The van der Waals surface area contributed by atoms with Crippen LogP contribution in [0.3, 0.4) is 0 Å². The standard InChI is InChI=1S/C13H22NO.ClH/c1-4-14(5-2,6-3)15-12-13-10-8-7-9-11-13;/h7-11H,4-6,12H2,1-3H3;1H/q+1;/p-1. The zero-order valence-electron chi connectivity index (χ0n) is 10.4. The van der Waals surface area contributed by atoms with Crippen LogP contribution in [0.25, 0.3) is 0 Å². The van der Waals surface area contributed by atoms with Crippen molar-refractivity contribution in [3.8, 4) is 0 Å². The van der Waals surface area contributed by atoms with Crippen molar-refractivity contribution < 1.29 is 21.9 Å². The van der Waals surface area contributed by atoms with E-state index in [9.17, 15) is 0 Å². The number of nitrogens with zero attached hydrogens (tertiary/aromatic N) is 1. The summed E-state index contributed by atoms with van der Waals surface area (Å²) in [5.41, 5.74) is 1.25. The molecule has 0 unspecified atom stereocenters. The first-order chi connectivity index (χ1) is 7.26. The minimum atomic E-state index is 0. The number of hydrogen-bond donors (Lipinski definition) is 0. The minimum Gasteiger partial charge on any atom is -1.00 e. The monoisotopic (exact) mass is 243 g/mol. The Bertz CT molecular complexity index is 264. The summed E-state index contributed by atoms with van der Waals surface area (Å²) in [5.74, 6) is 0. The number of hydrogen-bond acceptors (Lipinski definition) is 1. The fourth-order valence-corrected chi connectivity index (χ4v) is 1.73. The molecule has 0 spiro atoms. The first-order valence-electron chi connectivity index (χ1n) is 5.81. The molecule has 0 fully saturated rings. The summed E-state index contributed by atoms with van der Waals surface area (Å²) in [6.45, 7) is 10.3. The highest BCUT2D eigenvalue weighted by Crippen LogP contribution is 2.11. The Hall–Kier alpha value is -0.570. The summed E-state index contributed by atoms with van der Waals surface area (Å²) < 4.78 is 0.745. The third-order valence-electron chi connectivity index (χ3n) is 3.08. The van der Waals surface area contributed by atoms with Crippen molar-refractivity contribution in [2.24, 2.45) is 0 Å². The third kappa shape index (κ3) is 4.12. The Morgan fingerprint density at radius 1 is 0.938 bits per heavy atom. The highest BCUT2D eigenvalue weighted by molar-refractivity contribution is 5.13. The van der Waals surface area contributed by atoms with E-state index in [2.05, 4.69) is 45.0 Å². The predicted molar refractivity (Wildman–Crippen MR) is 63.1 cm³/mol. The van der Waals surface area contributed by atoms with Crippen LogP contribution < -0.4 is 12.4 Å². The van der Waals surface area contributed by atoms with Gasteiger partial charge in [0.2, 0.25) is 0 Å². The summed E-state index contributed by atoms with van der Waals surface area (Å²) in [7, 11) is 0. The molecule has 1 aromatic carbocycles. The lowest BCUT2D eigenvalue weighted by Crippen LogP contribution is -3.00. The van der Waals surface area contributed by atoms with Crippen LogP contribution in [0.15, 0.2) is 30.3 Å². The largest absolute Gasteiger partial charge is 1.00 e. The number of quaternary nitrogens is 1. The lowest BCUT2D eigenvalue weighted by molar-refractivity contribution is -1.10. The van der Waals surface area contributed by atoms with Gasteiger partial charge in [0.25, 0.3) is 0 Å². The van der Waals surface area contributed by atoms with Gasteiger partial charge in [-0.3, -0.25) is 0 Å². The molecule has 16 heavy (non-hydrogen) atoms. The molecule has 0 atom stereocenters. The Morgan fingerprint density at radius 2 is 1.44 bits per heavy atom. The maximum atomic E-state index is 6.00. The maximum Gasteiger partial charge on any atom is 0.131 e. The summed E-state index contributed by atoms with van der Waals surface area (Å²) in [5, 5.41) is 0. The molecular weight excluding hydrogens is 222 g/mol. The van der Waals surface area contributed by atoms with Crippen LogP contribution in [0.2, 0.25) is 0 Å². The average Bonchev–Trinajstić information content (AvgIpc) is 2.33. The second kappa shape index (κ2) is 7.66. The van der Waals surface area contributed by atoms with Crippen LogP contribution in [0.4, 0.5) is 0 Å². The van der Waals surface area contributed by atoms with Crippen LogP contribution in [-0.2, 0) is 11.4 Å². The number of hydroxylamine groups is 3. The molecular formula is C13H22ClNO. The first-order valence-corrected chi connectivity index (χ1v) is 5.81. The zero-order chi connectivity index (χ0) is 11.1. The van der Waals surface area contributed by atoms with E-state index in [0.717, 1.165) is 24.3 Å². The van der Waals surface area contributed by atoms with Gasteiger partial charge >= 0.3 is 0 Å². The van der Waals surface area contributed by atoms with Crippen LogP contribution in [0.1, 0.15) is 26.3 Å². The molecule has 0 aliphatic heterocycles. The molecule has 2 nitrogen and oxygen atoms in total. The van der Waals surface area contributed by atoms with Gasteiger partial charge in [0.05, 0.1) is 0 Å². The van der Waals surface area contributed by atoms with E-state index in [1.807, 2.05) is 6.07 Å². The Balaban J connectivity index is 0.00000225. The van der Waals surface area contributed by atoms with Gasteiger partial charge in [-0.1, -0.05) is 30.3 Å². The van der Waals surface area contributed by atoms with E-state index in [1.54, 1.807) is 0 Å². The van der Waals surface area contributed by atoms with Crippen LogP contribution in [0.5, 0.6) is 0 Å². The fourth-order valence-electron chi connectivity index (χ4n) is 1.73. The normalized spacial score (nSPS) is 10.9. The molecule has 0 aliphatic rings. The molecule has 1 aromatic rings. The Kier molecular flexibility index (Phi) is 7.39. The van der Waals surface area contributed by atoms with Crippen LogP contribution in [0, 0.1) is 0 Å². The van der Waals surface area contributed by atoms with Crippen LogP contribution >= 0.6 is 0 Å². The minimum absolute atomic E-state index is 0. The van der Waals surface area contributed by atoms with E-state index in [4.69, 9.17) is 4.84 Å². The second-order valence-electron chi connectivity index (χ2n) is 3.77. The van der Waals surface area contributed by atoms with Gasteiger partial charge in [-0.05, 0) is 26.3 Å². The lowest BCUT2D eigenvalue weighted by atomic mass is 10.2. The van der Waals surface area contributed by atoms with Gasteiger partial charge in [-0.2, -0.15) is 9.48 Å². The van der Waals surface area contributed by atoms with E-state index < -0.39 is 0 Å². The molecule has 0 saturated heterocycles. The highest BCUT2D eigenvalue weighted by atomic mass is 35.5. The number of rotatable bonds is 6. The average molecular weight is 244 g/mol. The van der Waals surface area contributed by atoms with E-state index >= 15 is 0 Å². The SMILES string of the molecule is CC[N+](CC)(CC)OCc1ccccc1.[Cl-]. The Morgan fingerprint density at radius 3 is 1.88 bits per heavy atom. The molecule has 3 heteroatoms. The molecule has 0 aromatic heterocycles. The van der Waals surface area contributed by atoms with E-state index in [1.165, 1.54) is 5.56 Å². The molecule has 0 N–H and O–H groups in total. The van der Waals surface area contributed by atoms with Gasteiger partial charge in [0.1, 0.15) is 26.2 Å². The quantitative estimate of drug-likeness (QED) is 0.505. The van der Waals surface area contributed by atoms with Crippen molar-refractivity contribution in [3.63, 3.8) is 0 Å². The molecule has 0 aliphatic carbocycles. The highest BCUT2D eigenvalue weighted by Gasteiger charge is 2.22. The van der Waals surface area contributed by atoms with Crippen LogP contribution in [-0.4, -0.2) is 24.3 Å². The van der Waals surface area contributed by atoms with Gasteiger partial charge in [0, 0.05) is 0 Å². The molecule has 92 valence electrons. The Labute approximate surface area is 105 Å². The van der Waals surface area contributed by atoms with E-state index in [-0.39, 0.29) is 12.4 Å².